The van der Waals surface area contributed by atoms with Crippen molar-refractivity contribution in [2.75, 3.05) is 0 Å². The fourth-order valence-corrected chi connectivity index (χ4v) is 0.378. The first-order valence-corrected chi connectivity index (χ1v) is 4.75. The largest absolute Gasteiger partial charge is 0.522 e. The first-order valence-electron chi connectivity index (χ1n) is 3.31. The quantitative estimate of drug-likeness (QED) is 0.425. The molecule has 0 aliphatic rings. The molecule has 86 valence electrons. The average molecular weight is 248 g/mol. The smallest absolute Gasteiger partial charge is 0.279 e. The Hall–Kier alpha value is -1.22. The zero-order valence-electron chi connectivity index (χ0n) is 7.02. The monoisotopic (exact) mass is 248 g/mol. The number of aromatic nitrogens is 1. The van der Waals surface area contributed by atoms with E-state index in [1.807, 2.05) is 0 Å². The van der Waals surface area contributed by atoms with Crippen LogP contribution in [0.4, 0.5) is 17.7 Å². The molecule has 0 radical (unpaired) electrons. The van der Waals surface area contributed by atoms with E-state index in [0.717, 1.165) is 0 Å². The minimum atomic E-state index is -5.84. The van der Waals surface area contributed by atoms with E-state index >= 15 is 0 Å². The third-order valence-electron chi connectivity index (χ3n) is 0.972. The van der Waals surface area contributed by atoms with E-state index in [1.165, 1.54) is 12.4 Å². The lowest BCUT2D eigenvalue weighted by molar-refractivity contribution is -0.843. The summed E-state index contributed by atoms with van der Waals surface area (Å²) < 4.78 is 69.4. The van der Waals surface area contributed by atoms with Gasteiger partial charge >= 0.3 is 15.6 Å². The molecule has 0 spiro atoms. The molecule has 0 aromatic carbocycles. The number of pyridine rings is 1. The van der Waals surface area contributed by atoms with Crippen LogP contribution in [0.2, 0.25) is 0 Å². The van der Waals surface area contributed by atoms with Crippen molar-refractivity contribution < 1.29 is 35.4 Å². The molecule has 0 saturated heterocycles. The van der Waals surface area contributed by atoms with Gasteiger partial charge in [0.25, 0.3) is 0 Å². The van der Waals surface area contributed by atoms with Crippen molar-refractivity contribution in [3.05, 3.63) is 30.6 Å². The molecule has 0 fully saturated rings. The minimum absolute atomic E-state index is 0.500. The predicted octanol–water partition coefficient (Wildman–Crippen LogP) is 1.10. The number of hydrogen-bond acceptors (Lipinski definition) is 2. The van der Waals surface area contributed by atoms with Crippen molar-refractivity contribution in [1.82, 2.24) is 0 Å². The molecule has 4 nitrogen and oxygen atoms in total. The summed E-state index contributed by atoms with van der Waals surface area (Å²) >= 11 is 0. The van der Waals surface area contributed by atoms with E-state index in [0.29, 0.717) is 4.79 Å². The summed E-state index contributed by atoms with van der Waals surface area (Å²) in [7, 11) is -5.84. The Morgan fingerprint density at radius 3 is 1.53 bits per heavy atom. The van der Waals surface area contributed by atoms with E-state index in [-0.39, 0.29) is 0 Å². The summed E-state index contributed by atoms with van der Waals surface area (Å²) in [5.41, 5.74) is -5.53. The van der Waals surface area contributed by atoms with Crippen molar-refractivity contribution in [3.63, 3.8) is 0 Å². The molecule has 1 rings (SSSR count). The molecule has 9 heteroatoms. The van der Waals surface area contributed by atoms with E-state index in [9.17, 15) is 17.7 Å². The molecule has 1 heterocycles. The van der Waals surface area contributed by atoms with Gasteiger partial charge in [-0.3, -0.25) is 4.55 Å². The van der Waals surface area contributed by atoms with Crippen LogP contribution in [0.1, 0.15) is 0 Å². The highest BCUT2D eigenvalue weighted by atomic mass is 32.2. The summed E-state index contributed by atoms with van der Waals surface area (Å²) in [5, 5.41) is 0. The molecule has 0 atom stereocenters. The van der Waals surface area contributed by atoms with Gasteiger partial charge in [0.1, 0.15) is 0 Å². The number of rotatable bonds is 0. The third-order valence-corrected chi connectivity index (χ3v) is 1.56. The van der Waals surface area contributed by atoms with Crippen LogP contribution in [-0.4, -0.2) is 18.5 Å². The molecule has 0 saturated carbocycles. The Kier molecular flexibility index (Phi) is 4.62. The maximum atomic E-state index is 11.8. The lowest BCUT2D eigenvalue weighted by atomic mass is 10.5. The van der Waals surface area contributed by atoms with E-state index in [1.54, 1.807) is 18.2 Å². The van der Waals surface area contributed by atoms with Crippen LogP contribution in [0, 0.1) is 0 Å². The molecular formula is C6H6F4NO3S+. The second-order valence-corrected chi connectivity index (χ2v) is 3.55. The Labute approximate surface area is 82.5 Å². The number of halogens is 4. The number of hydrogen-bond donors (Lipinski definition) is 1. The van der Waals surface area contributed by atoms with Gasteiger partial charge in [-0.15, -0.1) is 0 Å². The molecule has 0 aliphatic heterocycles. The van der Waals surface area contributed by atoms with E-state index < -0.39 is 15.6 Å². The van der Waals surface area contributed by atoms with Crippen LogP contribution in [0.25, 0.3) is 0 Å². The highest BCUT2D eigenvalue weighted by Gasteiger charge is 2.44. The number of nitrogens with zero attached hydrogens (tertiary/aromatic N) is 1. The van der Waals surface area contributed by atoms with Gasteiger partial charge < -0.3 is 0 Å². The normalized spacial score (nSPS) is 11.5. The summed E-state index contributed by atoms with van der Waals surface area (Å²) in [5.74, 6) is 0. The summed E-state index contributed by atoms with van der Waals surface area (Å²) in [6, 6.07) is 5.01. The second-order valence-electron chi connectivity index (χ2n) is 2.14. The summed E-state index contributed by atoms with van der Waals surface area (Å²) in [6.07, 6.45) is 2.67. The highest BCUT2D eigenvalue weighted by molar-refractivity contribution is 7.86. The summed E-state index contributed by atoms with van der Waals surface area (Å²) in [4.78, 5) is 0.500. The van der Waals surface area contributed by atoms with E-state index in [2.05, 4.69) is 0 Å². The predicted molar refractivity (Wildman–Crippen MR) is 40.7 cm³/mol. The standard InChI is InChI=1S/C5H5FN.CHF3O3S/c6-7-4-2-1-3-5-7;2-1(3,4)8(5,6)7/h1-5H;(H,5,6,7)/q+1;. The van der Waals surface area contributed by atoms with E-state index in [4.69, 9.17) is 13.0 Å². The molecule has 0 amide bonds. The van der Waals surface area contributed by atoms with Crippen molar-refractivity contribution in [2.24, 2.45) is 0 Å². The topological polar surface area (TPSA) is 58.2 Å². The average Bonchev–Trinajstić information content (AvgIpc) is 2.02. The molecule has 1 N–H and O–H groups in total. The molecule has 1 aromatic rings. The Morgan fingerprint density at radius 1 is 1.07 bits per heavy atom. The van der Waals surface area contributed by atoms with Gasteiger partial charge in [-0.05, 0) is 0 Å². The first kappa shape index (κ1) is 13.8. The molecule has 0 bridgehead atoms. The van der Waals surface area contributed by atoms with Gasteiger partial charge in [-0.2, -0.15) is 21.6 Å². The van der Waals surface area contributed by atoms with Gasteiger partial charge in [-0.1, -0.05) is 6.07 Å². The van der Waals surface area contributed by atoms with Crippen molar-refractivity contribution >= 4 is 10.1 Å². The van der Waals surface area contributed by atoms with Crippen LogP contribution >= 0.6 is 0 Å². The van der Waals surface area contributed by atoms with Gasteiger partial charge in [0.2, 0.25) is 12.4 Å². The Morgan fingerprint density at radius 2 is 1.40 bits per heavy atom. The first-order chi connectivity index (χ1) is 6.64. The summed E-state index contributed by atoms with van der Waals surface area (Å²) in [6.45, 7) is 0. The minimum Gasteiger partial charge on any atom is -0.279 e. The van der Waals surface area contributed by atoms with Gasteiger partial charge in [-0.25, -0.2) is 0 Å². The van der Waals surface area contributed by atoms with Crippen molar-refractivity contribution in [1.29, 1.82) is 0 Å². The lowest BCUT2D eigenvalue weighted by Gasteiger charge is -1.97. The Bertz CT molecular complexity index is 389. The Balaban J connectivity index is 0.000000262. The SMILES string of the molecule is F[n+]1ccccc1.O=S(=O)(O)C(F)(F)F. The fraction of sp³-hybridized carbons (Fsp3) is 0.167. The van der Waals surface area contributed by atoms with Crippen LogP contribution < -0.4 is 4.79 Å². The van der Waals surface area contributed by atoms with Crippen molar-refractivity contribution in [2.45, 2.75) is 5.51 Å². The second kappa shape index (κ2) is 5.03. The highest BCUT2D eigenvalue weighted by Crippen LogP contribution is 2.20. The van der Waals surface area contributed by atoms with Crippen molar-refractivity contribution in [3.8, 4) is 0 Å². The van der Waals surface area contributed by atoms with Gasteiger partial charge in [0, 0.05) is 16.9 Å². The molecule has 0 unspecified atom stereocenters. The molecule has 15 heavy (non-hydrogen) atoms. The van der Waals surface area contributed by atoms with Crippen LogP contribution in [0.5, 0.6) is 0 Å². The zero-order valence-corrected chi connectivity index (χ0v) is 7.83. The van der Waals surface area contributed by atoms with Crippen LogP contribution in [-0.2, 0) is 10.1 Å². The third kappa shape index (κ3) is 5.96. The maximum Gasteiger partial charge on any atom is 0.522 e. The fourth-order valence-electron chi connectivity index (χ4n) is 0.378. The zero-order chi connectivity index (χ0) is 12.1. The number of alkyl halides is 3. The van der Waals surface area contributed by atoms with Gasteiger partial charge in [0.15, 0.2) is 0 Å². The molecular weight excluding hydrogens is 242 g/mol. The van der Waals surface area contributed by atoms with Gasteiger partial charge in [0.05, 0.1) is 4.48 Å². The maximum absolute atomic E-state index is 11.8. The van der Waals surface area contributed by atoms with Crippen LogP contribution in [0.15, 0.2) is 30.6 Å². The molecule has 0 aliphatic carbocycles. The lowest BCUT2D eigenvalue weighted by Crippen LogP contribution is -2.21. The van der Waals surface area contributed by atoms with Crippen LogP contribution in [0.3, 0.4) is 0 Å². The molecule has 1 aromatic heterocycles.